The number of aromatic nitrogens is 2. The van der Waals surface area contributed by atoms with E-state index in [2.05, 4.69) is 128 Å². The van der Waals surface area contributed by atoms with Crippen LogP contribution in [0.3, 0.4) is 0 Å². The molecule has 2 bridgehead atoms. The minimum atomic E-state index is 0.310. The van der Waals surface area contributed by atoms with Gasteiger partial charge in [-0.1, -0.05) is 93.6 Å². The number of imidazole rings is 1. The topological polar surface area (TPSA) is 8.81 Å². The summed E-state index contributed by atoms with van der Waals surface area (Å²) in [5.74, 6) is 2.08. The number of allylic oxidation sites excluding steroid dienone is 4. The molecule has 8 rings (SSSR count). The molecule has 3 aromatic carbocycles. The quantitative estimate of drug-likeness (QED) is 0.259. The second-order valence-electron chi connectivity index (χ2n) is 12.3. The summed E-state index contributed by atoms with van der Waals surface area (Å²) in [5.41, 5.74) is 10.3. The van der Waals surface area contributed by atoms with Gasteiger partial charge < -0.3 is 0 Å². The van der Waals surface area contributed by atoms with Crippen molar-refractivity contribution in [1.29, 1.82) is 0 Å². The van der Waals surface area contributed by atoms with Gasteiger partial charge >= 0.3 is 0 Å². The fourth-order valence-corrected chi connectivity index (χ4v) is 7.54. The molecule has 4 aliphatic rings. The fourth-order valence-electron chi connectivity index (χ4n) is 7.54. The lowest BCUT2D eigenvalue weighted by atomic mass is 9.52. The van der Waals surface area contributed by atoms with Crippen LogP contribution in [0.15, 0.2) is 91.0 Å². The van der Waals surface area contributed by atoms with Crippen molar-refractivity contribution in [3.05, 3.63) is 108 Å². The average molecular weight is 486 g/mol. The molecule has 2 atom stereocenters. The smallest absolute Gasteiger partial charge is 0.229 e. The Kier molecular flexibility index (Phi) is 4.96. The number of benzene rings is 3. The number of aryl methyl sites for hydroxylation is 1. The fraction of sp³-hybridized carbons (Fsp3) is 0.343. The summed E-state index contributed by atoms with van der Waals surface area (Å²) < 4.78 is 4.94. The Labute approximate surface area is 221 Å². The Morgan fingerprint density at radius 2 is 1.46 bits per heavy atom. The second kappa shape index (κ2) is 8.05. The maximum Gasteiger partial charge on any atom is 0.270 e. The first kappa shape index (κ1) is 22.8. The van der Waals surface area contributed by atoms with Gasteiger partial charge in [-0.25, -0.2) is 4.57 Å². The van der Waals surface area contributed by atoms with Crippen molar-refractivity contribution < 1.29 is 4.57 Å². The summed E-state index contributed by atoms with van der Waals surface area (Å²) in [6.45, 7) is 7.32. The van der Waals surface area contributed by atoms with Crippen molar-refractivity contribution >= 4 is 11.0 Å². The van der Waals surface area contributed by atoms with Gasteiger partial charge in [0.2, 0.25) is 0 Å². The zero-order chi connectivity index (χ0) is 25.4. The van der Waals surface area contributed by atoms with Crippen LogP contribution >= 0.6 is 0 Å². The molecule has 0 N–H and O–H groups in total. The molecule has 1 heterocycles. The van der Waals surface area contributed by atoms with Crippen molar-refractivity contribution in [2.45, 2.75) is 63.2 Å². The van der Waals surface area contributed by atoms with Crippen LogP contribution in [-0.4, -0.2) is 4.57 Å². The summed E-state index contributed by atoms with van der Waals surface area (Å²) in [5, 5.41) is 0. The van der Waals surface area contributed by atoms with Crippen LogP contribution in [0.2, 0.25) is 0 Å². The van der Waals surface area contributed by atoms with E-state index in [1.54, 1.807) is 11.1 Å². The third-order valence-corrected chi connectivity index (χ3v) is 10.00. The van der Waals surface area contributed by atoms with Gasteiger partial charge in [0.15, 0.2) is 11.0 Å². The highest BCUT2D eigenvalue weighted by molar-refractivity contribution is 5.81. The van der Waals surface area contributed by atoms with Crippen LogP contribution in [-0.2, 0) is 17.9 Å². The molecule has 4 aromatic rings. The van der Waals surface area contributed by atoms with Crippen molar-refractivity contribution in [2.75, 3.05) is 0 Å². The van der Waals surface area contributed by atoms with Crippen molar-refractivity contribution in [2.24, 2.45) is 13.0 Å². The molecule has 1 saturated carbocycles. The molecule has 1 unspecified atom stereocenters. The normalized spacial score (nSPS) is 28.1. The number of nitrogens with zero attached hydrogens (tertiary/aromatic N) is 2. The van der Waals surface area contributed by atoms with Crippen LogP contribution in [0, 0.1) is 5.92 Å². The first-order valence-corrected chi connectivity index (χ1v) is 14.0. The van der Waals surface area contributed by atoms with Gasteiger partial charge in [-0.3, -0.25) is 0 Å². The van der Waals surface area contributed by atoms with Gasteiger partial charge in [-0.05, 0) is 77.3 Å². The minimum Gasteiger partial charge on any atom is -0.229 e. The molecule has 1 aromatic heterocycles. The van der Waals surface area contributed by atoms with E-state index >= 15 is 0 Å². The van der Waals surface area contributed by atoms with E-state index in [-0.39, 0.29) is 0 Å². The van der Waals surface area contributed by atoms with Gasteiger partial charge in [0.1, 0.15) is 5.69 Å². The largest absolute Gasteiger partial charge is 0.270 e. The summed E-state index contributed by atoms with van der Waals surface area (Å²) in [6.07, 6.45) is 14.4. The number of hydrogen-bond acceptors (Lipinski definition) is 0. The average Bonchev–Trinajstić information content (AvgIpc) is 3.22. The van der Waals surface area contributed by atoms with Crippen LogP contribution in [0.4, 0.5) is 0 Å². The number of fused-ring (bicyclic) bond motifs is 3. The molecule has 0 aliphatic heterocycles. The molecule has 2 nitrogen and oxygen atoms in total. The highest BCUT2D eigenvalue weighted by atomic mass is 15.2. The lowest BCUT2D eigenvalue weighted by Gasteiger charge is -2.52. The Balaban J connectivity index is 1.47. The predicted octanol–water partition coefficient (Wildman–Crippen LogP) is 8.07. The highest BCUT2D eigenvalue weighted by Crippen LogP contribution is 2.56. The van der Waals surface area contributed by atoms with E-state index in [0.29, 0.717) is 22.7 Å². The molecule has 0 radical (unpaired) electrons. The van der Waals surface area contributed by atoms with Crippen LogP contribution in [0.25, 0.3) is 27.8 Å². The Hall–Kier alpha value is -3.39. The third-order valence-electron chi connectivity index (χ3n) is 10.00. The number of para-hydroxylation sites is 3. The number of rotatable bonds is 3. The van der Waals surface area contributed by atoms with Gasteiger partial charge in [-0.2, -0.15) is 4.57 Å². The molecule has 4 aliphatic carbocycles. The molecule has 37 heavy (non-hydrogen) atoms. The minimum absolute atomic E-state index is 0.310. The maximum atomic E-state index is 2.54. The van der Waals surface area contributed by atoms with E-state index < -0.39 is 0 Å². The summed E-state index contributed by atoms with van der Waals surface area (Å²) in [6, 6.07) is 25.3. The molecule has 186 valence electrons. The second-order valence-corrected chi connectivity index (χ2v) is 12.3. The Morgan fingerprint density at radius 3 is 2.24 bits per heavy atom. The summed E-state index contributed by atoms with van der Waals surface area (Å²) in [4.78, 5) is 0. The van der Waals surface area contributed by atoms with Gasteiger partial charge in [0.25, 0.3) is 5.82 Å². The molecule has 0 saturated heterocycles. The zero-order valence-corrected chi connectivity index (χ0v) is 22.5. The standard InChI is InChI=1S/C35H37N2/c1-24-11-5-6-12-26(24)33-36(4)31-15-9-10-16-32(31)37(33)30-14-8-7-13-27(30)25-17-18-28-29(23-25)35(3)21-19-34(28,2)20-22-35/h5-18,23-24,26H,19-22H2,1-4H3/q+1/t24-,26?,34?,35?/m1/s1. The van der Waals surface area contributed by atoms with Crippen LogP contribution < -0.4 is 4.57 Å². The molecule has 2 heteroatoms. The lowest BCUT2D eigenvalue weighted by molar-refractivity contribution is -0.654. The van der Waals surface area contributed by atoms with Crippen LogP contribution in [0.5, 0.6) is 0 Å². The van der Waals surface area contributed by atoms with E-state index in [1.807, 2.05) is 0 Å². The van der Waals surface area contributed by atoms with Crippen molar-refractivity contribution in [3.8, 4) is 16.8 Å². The van der Waals surface area contributed by atoms with Crippen molar-refractivity contribution in [1.82, 2.24) is 4.57 Å². The maximum absolute atomic E-state index is 2.54. The van der Waals surface area contributed by atoms with E-state index in [0.717, 1.165) is 0 Å². The molecule has 0 amide bonds. The van der Waals surface area contributed by atoms with Crippen molar-refractivity contribution in [3.63, 3.8) is 0 Å². The molecular formula is C35H37N2+. The first-order chi connectivity index (χ1) is 17.9. The Bertz CT molecular complexity index is 1590. The lowest BCUT2D eigenvalue weighted by Crippen LogP contribution is -2.44. The predicted molar refractivity (Wildman–Crippen MR) is 153 cm³/mol. The molecule has 0 spiro atoms. The molecular weight excluding hydrogens is 448 g/mol. The Morgan fingerprint density at radius 1 is 0.784 bits per heavy atom. The first-order valence-electron chi connectivity index (χ1n) is 14.0. The van der Waals surface area contributed by atoms with E-state index in [1.165, 1.54) is 59.4 Å². The van der Waals surface area contributed by atoms with E-state index in [4.69, 9.17) is 0 Å². The zero-order valence-electron chi connectivity index (χ0n) is 22.5. The van der Waals surface area contributed by atoms with E-state index in [9.17, 15) is 0 Å². The molecule has 1 fully saturated rings. The summed E-state index contributed by atoms with van der Waals surface area (Å²) >= 11 is 0. The monoisotopic (exact) mass is 485 g/mol. The van der Waals surface area contributed by atoms with Gasteiger partial charge in [0, 0.05) is 5.56 Å². The highest BCUT2D eigenvalue weighted by Gasteiger charge is 2.47. The SMILES string of the molecule is C[C@@H]1C=CC=CC1c1n(-c2ccccc2-c2ccc3c(c2)C2(C)CCC3(C)CC2)c2ccccc2[n+]1C. The van der Waals surface area contributed by atoms with Gasteiger partial charge in [0.05, 0.1) is 13.0 Å². The van der Waals surface area contributed by atoms with Gasteiger partial charge in [-0.15, -0.1) is 0 Å². The number of hydrogen-bond donors (Lipinski definition) is 0. The van der Waals surface area contributed by atoms with Crippen LogP contribution in [0.1, 0.15) is 69.3 Å². The third kappa shape index (κ3) is 3.27. The summed E-state index contributed by atoms with van der Waals surface area (Å²) in [7, 11) is 2.23.